The van der Waals surface area contributed by atoms with Crippen LogP contribution in [-0.2, 0) is 11.3 Å². The predicted molar refractivity (Wildman–Crippen MR) is 111 cm³/mol. The number of hydrogen-bond donors (Lipinski definition) is 1. The Morgan fingerprint density at radius 1 is 0.857 bits per heavy atom. The minimum atomic E-state index is -0.203. The monoisotopic (exact) mass is 377 g/mol. The number of amides is 1. The van der Waals surface area contributed by atoms with Crippen molar-refractivity contribution in [2.45, 2.75) is 6.54 Å². The van der Waals surface area contributed by atoms with Gasteiger partial charge in [0, 0.05) is 43.8 Å². The van der Waals surface area contributed by atoms with Gasteiger partial charge in [-0.3, -0.25) is 14.6 Å². The molecule has 0 spiro atoms. The first-order valence-corrected chi connectivity index (χ1v) is 9.64. The molecule has 1 aliphatic rings. The van der Waals surface area contributed by atoms with Gasteiger partial charge in [0.05, 0.1) is 6.54 Å². The summed E-state index contributed by atoms with van der Waals surface area (Å²) in [5.74, 6) is -0.186. The molecule has 1 N–H and O–H groups in total. The standard InChI is InChI=1S/C23H24FN3O/c24-20-10-8-18(9-11-20)16-26-12-14-27(15-13-26)17-23(28)25-22-7-3-5-19-4-1-2-6-21(19)22/h1-11H,12-17H2,(H,25,28). The summed E-state index contributed by atoms with van der Waals surface area (Å²) in [5.41, 5.74) is 1.97. The molecule has 1 aliphatic heterocycles. The molecule has 1 fully saturated rings. The van der Waals surface area contributed by atoms with Crippen LogP contribution < -0.4 is 5.32 Å². The van der Waals surface area contributed by atoms with Gasteiger partial charge in [-0.2, -0.15) is 0 Å². The third-order valence-corrected chi connectivity index (χ3v) is 5.22. The Morgan fingerprint density at radius 3 is 2.32 bits per heavy atom. The number of anilines is 1. The molecule has 0 aliphatic carbocycles. The van der Waals surface area contributed by atoms with Gasteiger partial charge in [0.25, 0.3) is 0 Å². The summed E-state index contributed by atoms with van der Waals surface area (Å²) < 4.78 is 13.0. The zero-order valence-electron chi connectivity index (χ0n) is 15.8. The van der Waals surface area contributed by atoms with Gasteiger partial charge >= 0.3 is 0 Å². The number of hydrogen-bond acceptors (Lipinski definition) is 3. The highest BCUT2D eigenvalue weighted by Gasteiger charge is 2.19. The average Bonchev–Trinajstić information content (AvgIpc) is 2.71. The predicted octanol–water partition coefficient (Wildman–Crippen LogP) is 3.74. The zero-order valence-corrected chi connectivity index (χ0v) is 15.8. The van der Waals surface area contributed by atoms with Gasteiger partial charge in [0.15, 0.2) is 0 Å². The van der Waals surface area contributed by atoms with E-state index < -0.39 is 0 Å². The van der Waals surface area contributed by atoms with Crippen LogP contribution in [0.4, 0.5) is 10.1 Å². The summed E-state index contributed by atoms with van der Waals surface area (Å²) in [7, 11) is 0. The van der Waals surface area contributed by atoms with E-state index in [1.165, 1.54) is 12.1 Å². The maximum absolute atomic E-state index is 13.0. The molecule has 1 amide bonds. The van der Waals surface area contributed by atoms with Crippen molar-refractivity contribution in [3.8, 4) is 0 Å². The van der Waals surface area contributed by atoms with E-state index in [1.807, 2.05) is 54.6 Å². The largest absolute Gasteiger partial charge is 0.324 e. The number of halogens is 1. The fourth-order valence-corrected chi connectivity index (χ4v) is 3.68. The van der Waals surface area contributed by atoms with Gasteiger partial charge in [-0.05, 0) is 29.1 Å². The molecule has 5 heteroatoms. The first-order chi connectivity index (χ1) is 13.7. The van der Waals surface area contributed by atoms with E-state index in [0.717, 1.165) is 54.7 Å². The second-order valence-electron chi connectivity index (χ2n) is 7.25. The van der Waals surface area contributed by atoms with Gasteiger partial charge in [-0.1, -0.05) is 48.5 Å². The first kappa shape index (κ1) is 18.6. The molecule has 0 saturated carbocycles. The van der Waals surface area contributed by atoms with E-state index >= 15 is 0 Å². The van der Waals surface area contributed by atoms with Crippen molar-refractivity contribution < 1.29 is 9.18 Å². The number of carbonyl (C=O) groups is 1. The van der Waals surface area contributed by atoms with Crippen molar-refractivity contribution >= 4 is 22.4 Å². The van der Waals surface area contributed by atoms with Gasteiger partial charge in [0.2, 0.25) is 5.91 Å². The Morgan fingerprint density at radius 2 is 1.54 bits per heavy atom. The van der Waals surface area contributed by atoms with E-state index in [1.54, 1.807) is 0 Å². The van der Waals surface area contributed by atoms with E-state index in [4.69, 9.17) is 0 Å². The lowest BCUT2D eigenvalue weighted by atomic mass is 10.1. The lowest BCUT2D eigenvalue weighted by Gasteiger charge is -2.34. The normalized spacial score (nSPS) is 15.6. The van der Waals surface area contributed by atoms with Crippen LogP contribution in [0.25, 0.3) is 10.8 Å². The summed E-state index contributed by atoms with van der Waals surface area (Å²) in [6.45, 7) is 4.72. The van der Waals surface area contributed by atoms with E-state index in [0.29, 0.717) is 6.54 Å². The first-order valence-electron chi connectivity index (χ1n) is 9.64. The number of piperazine rings is 1. The molecule has 28 heavy (non-hydrogen) atoms. The van der Waals surface area contributed by atoms with Crippen molar-refractivity contribution in [1.29, 1.82) is 0 Å². The lowest BCUT2D eigenvalue weighted by Crippen LogP contribution is -2.48. The van der Waals surface area contributed by atoms with Crippen LogP contribution in [0.5, 0.6) is 0 Å². The molecule has 3 aromatic rings. The average molecular weight is 377 g/mol. The van der Waals surface area contributed by atoms with Gasteiger partial charge in [-0.15, -0.1) is 0 Å². The highest BCUT2D eigenvalue weighted by atomic mass is 19.1. The summed E-state index contributed by atoms with van der Waals surface area (Å²) in [6.07, 6.45) is 0. The van der Waals surface area contributed by atoms with Crippen LogP contribution in [0.3, 0.4) is 0 Å². The molecule has 0 unspecified atom stereocenters. The molecular formula is C23H24FN3O. The third-order valence-electron chi connectivity index (χ3n) is 5.22. The summed E-state index contributed by atoms with van der Waals surface area (Å²) in [4.78, 5) is 17.0. The van der Waals surface area contributed by atoms with Gasteiger partial charge in [-0.25, -0.2) is 4.39 Å². The lowest BCUT2D eigenvalue weighted by molar-refractivity contribution is -0.117. The smallest absolute Gasteiger partial charge is 0.238 e. The fourth-order valence-electron chi connectivity index (χ4n) is 3.68. The Balaban J connectivity index is 1.28. The van der Waals surface area contributed by atoms with E-state index in [-0.39, 0.29) is 11.7 Å². The van der Waals surface area contributed by atoms with Crippen molar-refractivity contribution in [3.05, 3.63) is 78.1 Å². The Labute approximate surface area is 164 Å². The van der Waals surface area contributed by atoms with Crippen LogP contribution >= 0.6 is 0 Å². The molecular weight excluding hydrogens is 353 g/mol. The maximum Gasteiger partial charge on any atom is 0.238 e. The van der Waals surface area contributed by atoms with Crippen molar-refractivity contribution in [1.82, 2.24) is 9.80 Å². The van der Waals surface area contributed by atoms with E-state index in [2.05, 4.69) is 15.1 Å². The van der Waals surface area contributed by atoms with Gasteiger partial charge < -0.3 is 5.32 Å². The third kappa shape index (κ3) is 4.55. The van der Waals surface area contributed by atoms with Gasteiger partial charge in [0.1, 0.15) is 5.82 Å². The van der Waals surface area contributed by atoms with Crippen LogP contribution in [0.1, 0.15) is 5.56 Å². The molecule has 0 aromatic heterocycles. The Kier molecular flexibility index (Phi) is 5.65. The summed E-state index contributed by atoms with van der Waals surface area (Å²) >= 11 is 0. The molecule has 0 radical (unpaired) electrons. The second kappa shape index (κ2) is 8.50. The zero-order chi connectivity index (χ0) is 19.3. The Hall–Kier alpha value is -2.76. The molecule has 4 nitrogen and oxygen atoms in total. The number of fused-ring (bicyclic) bond motifs is 1. The molecule has 0 atom stereocenters. The SMILES string of the molecule is O=C(CN1CCN(Cc2ccc(F)cc2)CC1)Nc1cccc2ccccc12. The number of benzene rings is 3. The summed E-state index contributed by atoms with van der Waals surface area (Å²) in [5, 5.41) is 5.24. The molecule has 144 valence electrons. The van der Waals surface area contributed by atoms with Crippen LogP contribution in [0.15, 0.2) is 66.7 Å². The minimum absolute atomic E-state index is 0.0170. The van der Waals surface area contributed by atoms with Crippen molar-refractivity contribution in [2.75, 3.05) is 38.0 Å². The number of carbonyl (C=O) groups excluding carboxylic acids is 1. The number of nitrogens with zero attached hydrogens (tertiary/aromatic N) is 2. The molecule has 1 saturated heterocycles. The van der Waals surface area contributed by atoms with Crippen molar-refractivity contribution in [3.63, 3.8) is 0 Å². The topological polar surface area (TPSA) is 35.6 Å². The number of nitrogens with one attached hydrogen (secondary N) is 1. The number of rotatable bonds is 5. The summed E-state index contributed by atoms with van der Waals surface area (Å²) in [6, 6.07) is 20.7. The molecule has 1 heterocycles. The van der Waals surface area contributed by atoms with Crippen molar-refractivity contribution in [2.24, 2.45) is 0 Å². The fraction of sp³-hybridized carbons (Fsp3) is 0.261. The highest BCUT2D eigenvalue weighted by Crippen LogP contribution is 2.22. The van der Waals surface area contributed by atoms with Crippen LogP contribution in [0.2, 0.25) is 0 Å². The highest BCUT2D eigenvalue weighted by molar-refractivity contribution is 6.02. The van der Waals surface area contributed by atoms with Crippen LogP contribution in [0, 0.1) is 5.82 Å². The molecule has 4 rings (SSSR count). The quantitative estimate of drug-likeness (QED) is 0.736. The minimum Gasteiger partial charge on any atom is -0.324 e. The second-order valence-corrected chi connectivity index (χ2v) is 7.25. The molecule has 3 aromatic carbocycles. The maximum atomic E-state index is 13.0. The van der Waals surface area contributed by atoms with Crippen LogP contribution in [-0.4, -0.2) is 48.4 Å². The Bertz CT molecular complexity index is 944. The van der Waals surface area contributed by atoms with E-state index in [9.17, 15) is 9.18 Å². The molecule has 0 bridgehead atoms.